The SMILES string of the molecule is CCCCC[N+]1=C(/C=C/C=C2/N(CCCCS(=O)(=O)[O-])c3ccc4ccccc4c3C2(C)C)C(C)(C)c2c1ccc1ccccc21. The second-order valence-electron chi connectivity index (χ2n) is 13.9. The molecule has 6 rings (SSSR count). The maximum Gasteiger partial charge on any atom is 0.210 e. The summed E-state index contributed by atoms with van der Waals surface area (Å²) in [4.78, 5) is 2.34. The zero-order valence-corrected chi connectivity index (χ0v) is 28.7. The van der Waals surface area contributed by atoms with Crippen LogP contribution in [-0.2, 0) is 20.9 Å². The molecule has 0 atom stereocenters. The second-order valence-corrected chi connectivity index (χ2v) is 15.4. The molecule has 0 radical (unpaired) electrons. The molecule has 0 aliphatic carbocycles. The molecule has 4 aromatic rings. The van der Waals surface area contributed by atoms with E-state index in [0.29, 0.717) is 19.4 Å². The Bertz CT molecular complexity index is 2000. The third-order valence-corrected chi connectivity index (χ3v) is 10.8. The summed E-state index contributed by atoms with van der Waals surface area (Å²) in [6, 6.07) is 26.2. The highest BCUT2D eigenvalue weighted by atomic mass is 32.2. The van der Waals surface area contributed by atoms with E-state index in [2.05, 4.69) is 135 Å². The number of nitrogens with zero attached hydrogens (tertiary/aromatic N) is 2. The fourth-order valence-corrected chi connectivity index (χ4v) is 8.41. The van der Waals surface area contributed by atoms with Crippen LogP contribution in [0.5, 0.6) is 0 Å². The van der Waals surface area contributed by atoms with Gasteiger partial charge in [0.1, 0.15) is 6.54 Å². The zero-order chi connectivity index (χ0) is 32.7. The van der Waals surface area contributed by atoms with E-state index < -0.39 is 10.1 Å². The van der Waals surface area contributed by atoms with Crippen LogP contribution in [-0.4, -0.2) is 42.1 Å². The van der Waals surface area contributed by atoms with E-state index >= 15 is 0 Å². The normalized spacial score (nSPS) is 18.0. The standard InChI is InChI=1S/C40H46N2O3S/c1-6-7-12-26-41-33-24-22-29-16-8-10-18-31(29)37(33)39(2,3)35(41)20-15-21-36-40(4,5)38-32-19-11-9-17-30(32)23-25-34(38)42(36)27-13-14-28-46(43,44)45/h8-11,15-25H,6-7,12-14,26-28H2,1-5H3. The predicted molar refractivity (Wildman–Crippen MR) is 192 cm³/mol. The summed E-state index contributed by atoms with van der Waals surface area (Å²) >= 11 is 0. The summed E-state index contributed by atoms with van der Waals surface area (Å²) in [7, 11) is -4.23. The zero-order valence-electron chi connectivity index (χ0n) is 27.8. The van der Waals surface area contributed by atoms with Crippen LogP contribution in [0.4, 0.5) is 11.4 Å². The lowest BCUT2D eigenvalue weighted by Gasteiger charge is -2.27. The molecule has 0 aromatic heterocycles. The largest absolute Gasteiger partial charge is 0.748 e. The molecular weight excluding hydrogens is 589 g/mol. The number of rotatable bonds is 11. The Labute approximate surface area is 274 Å². The summed E-state index contributed by atoms with van der Waals surface area (Å²) in [6.07, 6.45) is 11.3. The van der Waals surface area contributed by atoms with Gasteiger partial charge in [-0.15, -0.1) is 0 Å². The van der Waals surface area contributed by atoms with Gasteiger partial charge in [0.05, 0.1) is 15.5 Å². The first kappa shape index (κ1) is 32.2. The molecule has 2 heterocycles. The molecule has 0 saturated heterocycles. The Kier molecular flexibility index (Phi) is 8.73. The molecule has 0 unspecified atom stereocenters. The van der Waals surface area contributed by atoms with Crippen LogP contribution in [0.15, 0.2) is 96.7 Å². The molecule has 2 aliphatic heterocycles. The second kappa shape index (κ2) is 12.5. The number of allylic oxidation sites excluding steroid dienone is 4. The minimum atomic E-state index is -4.23. The minimum Gasteiger partial charge on any atom is -0.748 e. The van der Waals surface area contributed by atoms with Crippen LogP contribution in [0.2, 0.25) is 0 Å². The summed E-state index contributed by atoms with van der Waals surface area (Å²) in [5.41, 5.74) is 7.17. The van der Waals surface area contributed by atoms with Crippen molar-refractivity contribution >= 4 is 48.7 Å². The van der Waals surface area contributed by atoms with Crippen molar-refractivity contribution < 1.29 is 17.5 Å². The van der Waals surface area contributed by atoms with Gasteiger partial charge in [-0.2, -0.15) is 4.58 Å². The summed E-state index contributed by atoms with van der Waals surface area (Å²) in [5.74, 6) is -0.329. The Hall–Kier alpha value is -3.74. The average Bonchev–Trinajstić information content (AvgIpc) is 3.37. The topological polar surface area (TPSA) is 63.5 Å². The van der Waals surface area contributed by atoms with Gasteiger partial charge in [-0.1, -0.05) is 87.9 Å². The van der Waals surface area contributed by atoms with E-state index in [1.165, 1.54) is 62.6 Å². The van der Waals surface area contributed by atoms with E-state index in [-0.39, 0.29) is 16.6 Å². The van der Waals surface area contributed by atoms with E-state index in [4.69, 9.17) is 0 Å². The van der Waals surface area contributed by atoms with E-state index in [9.17, 15) is 13.0 Å². The van der Waals surface area contributed by atoms with Crippen LogP contribution < -0.4 is 4.90 Å². The number of hydrogen-bond donors (Lipinski definition) is 0. The van der Waals surface area contributed by atoms with Crippen LogP contribution in [0, 0.1) is 0 Å². The molecular formula is C40H46N2O3S. The highest BCUT2D eigenvalue weighted by Crippen LogP contribution is 2.51. The Morgan fingerprint density at radius 2 is 1.43 bits per heavy atom. The molecule has 240 valence electrons. The van der Waals surface area contributed by atoms with Gasteiger partial charge in [0, 0.05) is 53.2 Å². The van der Waals surface area contributed by atoms with E-state index in [1.54, 1.807) is 0 Å². The molecule has 0 saturated carbocycles. The number of benzene rings is 4. The van der Waals surface area contributed by atoms with Crippen LogP contribution >= 0.6 is 0 Å². The van der Waals surface area contributed by atoms with Crippen LogP contribution in [0.1, 0.15) is 77.8 Å². The fourth-order valence-electron chi connectivity index (χ4n) is 7.85. The number of anilines is 1. The fraction of sp³-hybridized carbons (Fsp3) is 0.375. The van der Waals surface area contributed by atoms with Gasteiger partial charge in [0.2, 0.25) is 5.69 Å². The predicted octanol–water partition coefficient (Wildman–Crippen LogP) is 9.12. The van der Waals surface area contributed by atoms with Gasteiger partial charge in [0.15, 0.2) is 5.71 Å². The first-order chi connectivity index (χ1) is 21.9. The van der Waals surface area contributed by atoms with Crippen LogP contribution in [0.3, 0.4) is 0 Å². The summed E-state index contributed by atoms with van der Waals surface area (Å²) < 4.78 is 36.5. The smallest absolute Gasteiger partial charge is 0.210 e. The van der Waals surface area contributed by atoms with E-state index in [0.717, 1.165) is 18.7 Å². The summed E-state index contributed by atoms with van der Waals surface area (Å²) in [5, 5.41) is 5.03. The molecule has 5 nitrogen and oxygen atoms in total. The maximum absolute atomic E-state index is 11.3. The van der Waals surface area contributed by atoms with Gasteiger partial charge in [0.25, 0.3) is 0 Å². The highest BCUT2D eigenvalue weighted by Gasteiger charge is 2.45. The molecule has 0 amide bonds. The molecule has 6 heteroatoms. The van der Waals surface area contributed by atoms with Gasteiger partial charge in [-0.3, -0.25) is 0 Å². The highest BCUT2D eigenvalue weighted by molar-refractivity contribution is 7.85. The van der Waals surface area contributed by atoms with Crippen molar-refractivity contribution in [2.24, 2.45) is 0 Å². The molecule has 0 fully saturated rings. The number of unbranched alkanes of at least 4 members (excludes halogenated alkanes) is 3. The van der Waals surface area contributed by atoms with Gasteiger partial charge < -0.3 is 9.45 Å². The van der Waals surface area contributed by atoms with Crippen LogP contribution in [0.25, 0.3) is 21.5 Å². The molecule has 0 bridgehead atoms. The van der Waals surface area contributed by atoms with Gasteiger partial charge >= 0.3 is 0 Å². The van der Waals surface area contributed by atoms with Crippen molar-refractivity contribution in [3.63, 3.8) is 0 Å². The lowest BCUT2D eigenvalue weighted by atomic mass is 9.79. The Morgan fingerprint density at radius 3 is 2.11 bits per heavy atom. The van der Waals surface area contributed by atoms with Crippen molar-refractivity contribution in [1.29, 1.82) is 0 Å². The Morgan fingerprint density at radius 1 is 0.783 bits per heavy atom. The molecule has 46 heavy (non-hydrogen) atoms. The van der Waals surface area contributed by atoms with Crippen molar-refractivity contribution in [2.75, 3.05) is 23.7 Å². The monoisotopic (exact) mass is 634 g/mol. The molecule has 2 aliphatic rings. The van der Waals surface area contributed by atoms with Crippen molar-refractivity contribution in [3.8, 4) is 0 Å². The van der Waals surface area contributed by atoms with Crippen molar-refractivity contribution in [1.82, 2.24) is 0 Å². The van der Waals surface area contributed by atoms with Gasteiger partial charge in [-0.05, 0) is 78.4 Å². The maximum atomic E-state index is 11.3. The van der Waals surface area contributed by atoms with E-state index in [1.807, 2.05) is 0 Å². The van der Waals surface area contributed by atoms with Crippen molar-refractivity contribution in [2.45, 2.75) is 77.6 Å². The van der Waals surface area contributed by atoms with Crippen molar-refractivity contribution in [3.05, 3.63) is 108 Å². The average molecular weight is 635 g/mol. The minimum absolute atomic E-state index is 0.175. The van der Waals surface area contributed by atoms with Gasteiger partial charge in [-0.25, -0.2) is 8.42 Å². The third kappa shape index (κ3) is 5.82. The number of hydrogen-bond acceptors (Lipinski definition) is 4. The molecule has 0 N–H and O–H groups in total. The summed E-state index contributed by atoms with van der Waals surface area (Å²) in [6.45, 7) is 13.1. The third-order valence-electron chi connectivity index (χ3n) is 10.0. The first-order valence-corrected chi connectivity index (χ1v) is 18.3. The number of fused-ring (bicyclic) bond motifs is 6. The lowest BCUT2D eigenvalue weighted by molar-refractivity contribution is -0.438. The lowest BCUT2D eigenvalue weighted by Crippen LogP contribution is -2.28. The first-order valence-electron chi connectivity index (χ1n) is 16.7. The molecule has 4 aromatic carbocycles. The molecule has 0 spiro atoms. The Balaban J connectivity index is 1.42. The quantitative estimate of drug-likeness (QED) is 0.0938.